The molecule has 0 saturated heterocycles. The highest BCUT2D eigenvalue weighted by Crippen LogP contribution is 2.49. The molecule has 114 valence electrons. The molecule has 1 aromatic rings. The molecule has 0 bridgehead atoms. The largest absolute Gasteiger partial charge is 0.365 e. The fourth-order valence-corrected chi connectivity index (χ4v) is 3.58. The molecule has 2 aliphatic carbocycles. The molecule has 2 fully saturated rings. The Morgan fingerprint density at radius 2 is 1.73 bits per heavy atom. The molecule has 2 saturated carbocycles. The molecule has 5 nitrogen and oxygen atoms in total. The van der Waals surface area contributed by atoms with Gasteiger partial charge in [0.2, 0.25) is 5.91 Å². The maximum Gasteiger partial charge on any atom is 0.326 e. The minimum atomic E-state index is -0.749. The van der Waals surface area contributed by atoms with E-state index in [1.165, 1.54) is 25.7 Å². The van der Waals surface area contributed by atoms with Crippen LogP contribution in [0, 0.1) is 18.3 Å². The first-order chi connectivity index (χ1) is 10.7. The van der Waals surface area contributed by atoms with Crippen molar-refractivity contribution in [3.63, 3.8) is 0 Å². The van der Waals surface area contributed by atoms with E-state index in [0.717, 1.165) is 10.6 Å². The second-order valence-corrected chi connectivity index (χ2v) is 6.44. The average molecular weight is 297 g/mol. The summed E-state index contributed by atoms with van der Waals surface area (Å²) in [5.41, 5.74) is 6.92. The summed E-state index contributed by atoms with van der Waals surface area (Å²) in [6.07, 6.45) is 7.86. The minimum absolute atomic E-state index is 0.428. The molecule has 3 amide bonds. The van der Waals surface area contributed by atoms with Crippen LogP contribution in [0.25, 0.3) is 0 Å². The van der Waals surface area contributed by atoms with Crippen LogP contribution < -0.4 is 15.5 Å². The zero-order valence-corrected chi connectivity index (χ0v) is 12.4. The zero-order valence-electron chi connectivity index (χ0n) is 12.4. The molecule has 4 rings (SSSR count). The van der Waals surface area contributed by atoms with Crippen LogP contribution in [0.1, 0.15) is 25.7 Å². The fraction of sp³-hybridized carbons (Fsp3) is 0.471. The number of para-hydroxylation sites is 2. The molecular weight excluding hydrogens is 278 g/mol. The molecule has 2 radical (unpaired) electrons. The number of benzene rings is 1. The topological polar surface area (TPSA) is 66.6 Å². The van der Waals surface area contributed by atoms with Gasteiger partial charge in [-0.15, -0.1) is 0 Å². The van der Waals surface area contributed by atoms with Crippen molar-refractivity contribution in [2.45, 2.75) is 31.7 Å². The lowest BCUT2D eigenvalue weighted by Gasteiger charge is -2.34. The van der Waals surface area contributed by atoms with Crippen LogP contribution in [0.15, 0.2) is 24.3 Å². The van der Waals surface area contributed by atoms with Gasteiger partial charge in [-0.25, -0.2) is 9.69 Å². The lowest BCUT2D eigenvalue weighted by Crippen LogP contribution is -2.40. The van der Waals surface area contributed by atoms with Gasteiger partial charge in [0.1, 0.15) is 6.42 Å². The molecule has 1 aromatic carbocycles. The highest BCUT2D eigenvalue weighted by Gasteiger charge is 2.46. The number of hydrogen-bond acceptors (Lipinski definition) is 3. The predicted octanol–water partition coefficient (Wildman–Crippen LogP) is 2.19. The molecule has 1 aliphatic heterocycles. The first kappa shape index (κ1) is 13.6. The number of hydrogen-bond donors (Lipinski definition) is 1. The number of carbonyl (C=O) groups excluding carboxylic acids is 2. The Morgan fingerprint density at radius 3 is 2.27 bits per heavy atom. The van der Waals surface area contributed by atoms with E-state index in [9.17, 15) is 9.59 Å². The van der Waals surface area contributed by atoms with E-state index in [4.69, 9.17) is 5.73 Å². The van der Waals surface area contributed by atoms with Crippen molar-refractivity contribution in [1.29, 1.82) is 0 Å². The van der Waals surface area contributed by atoms with Gasteiger partial charge in [0, 0.05) is 12.6 Å². The normalized spacial score (nSPS) is 21.8. The summed E-state index contributed by atoms with van der Waals surface area (Å²) in [4.78, 5) is 27.3. The molecule has 5 heteroatoms. The predicted molar refractivity (Wildman–Crippen MR) is 83.3 cm³/mol. The van der Waals surface area contributed by atoms with E-state index >= 15 is 0 Å². The third kappa shape index (κ3) is 2.25. The van der Waals surface area contributed by atoms with Crippen LogP contribution in [-0.2, 0) is 4.79 Å². The molecule has 0 unspecified atom stereocenters. The maximum atomic E-state index is 12.2. The molecule has 22 heavy (non-hydrogen) atoms. The van der Waals surface area contributed by atoms with Gasteiger partial charge in [0.05, 0.1) is 11.4 Å². The number of carbonyl (C=O) groups is 2. The number of urea groups is 1. The van der Waals surface area contributed by atoms with Gasteiger partial charge in [-0.05, 0) is 49.7 Å². The molecular formula is C17H19N3O2. The lowest BCUT2D eigenvalue weighted by molar-refractivity contribution is -0.114. The molecule has 2 N–H and O–H groups in total. The Labute approximate surface area is 130 Å². The Balaban J connectivity index is 1.77. The number of nitrogens with zero attached hydrogens (tertiary/aromatic N) is 2. The molecule has 3 aliphatic rings. The van der Waals surface area contributed by atoms with Crippen LogP contribution in [-0.4, -0.2) is 24.5 Å². The van der Waals surface area contributed by atoms with Crippen LogP contribution in [0.5, 0.6) is 0 Å². The first-order valence-electron chi connectivity index (χ1n) is 7.90. The lowest BCUT2D eigenvalue weighted by atomic mass is 10.0. The van der Waals surface area contributed by atoms with E-state index < -0.39 is 11.9 Å². The van der Waals surface area contributed by atoms with Gasteiger partial charge in [0.15, 0.2) is 0 Å². The summed E-state index contributed by atoms with van der Waals surface area (Å²) in [7, 11) is 0. The Hall–Kier alpha value is -2.04. The van der Waals surface area contributed by atoms with Crippen LogP contribution >= 0.6 is 0 Å². The average Bonchev–Trinajstić information content (AvgIpc) is 3.37. The Kier molecular flexibility index (Phi) is 3.10. The third-order valence-corrected chi connectivity index (χ3v) is 4.83. The second-order valence-electron chi connectivity index (χ2n) is 6.44. The fourth-order valence-electron chi connectivity index (χ4n) is 3.58. The van der Waals surface area contributed by atoms with E-state index in [1.54, 1.807) is 6.07 Å². The summed E-state index contributed by atoms with van der Waals surface area (Å²) >= 11 is 0. The van der Waals surface area contributed by atoms with Crippen molar-refractivity contribution in [3.8, 4) is 0 Å². The first-order valence-corrected chi connectivity index (χ1v) is 7.90. The maximum absolute atomic E-state index is 12.2. The van der Waals surface area contributed by atoms with Gasteiger partial charge in [-0.3, -0.25) is 4.79 Å². The monoisotopic (exact) mass is 297 g/mol. The molecule has 0 spiro atoms. The smallest absolute Gasteiger partial charge is 0.326 e. The number of fused-ring (bicyclic) bond motifs is 1. The number of amides is 3. The van der Waals surface area contributed by atoms with E-state index in [-0.39, 0.29) is 0 Å². The molecule has 0 aromatic heterocycles. The Morgan fingerprint density at radius 1 is 1.14 bits per heavy atom. The van der Waals surface area contributed by atoms with Crippen molar-refractivity contribution in [2.75, 3.05) is 16.3 Å². The standard InChI is InChI=1S/C17H19N3O2/c18-17(22)20-14-4-2-1-3-13(14)19(10-9-15(20)21)16(11-5-6-11)12-7-8-12/h1-4,11-12,16H,5-8,10H2,(H2,18,22). The number of primary amides is 1. The van der Waals surface area contributed by atoms with Gasteiger partial charge in [0.25, 0.3) is 0 Å². The van der Waals surface area contributed by atoms with Gasteiger partial charge >= 0.3 is 6.03 Å². The summed E-state index contributed by atoms with van der Waals surface area (Å²) in [5.74, 6) is 0.961. The van der Waals surface area contributed by atoms with Crippen molar-refractivity contribution in [1.82, 2.24) is 0 Å². The number of rotatable bonds is 3. The minimum Gasteiger partial charge on any atom is -0.365 e. The van der Waals surface area contributed by atoms with Crippen LogP contribution in [0.2, 0.25) is 0 Å². The van der Waals surface area contributed by atoms with Gasteiger partial charge < -0.3 is 10.6 Å². The summed E-state index contributed by atoms with van der Waals surface area (Å²) < 4.78 is 0. The van der Waals surface area contributed by atoms with Crippen molar-refractivity contribution < 1.29 is 9.59 Å². The van der Waals surface area contributed by atoms with E-state index in [2.05, 4.69) is 11.3 Å². The highest BCUT2D eigenvalue weighted by atomic mass is 16.2. The summed E-state index contributed by atoms with van der Waals surface area (Å²) in [6.45, 7) is 0.428. The van der Waals surface area contributed by atoms with Crippen molar-refractivity contribution in [2.24, 2.45) is 17.6 Å². The second kappa shape index (κ2) is 5.00. The SMILES string of the molecule is NC(=O)N1C(=O)[C]CN(C(C2CC2)C2CC2)c2ccccc21. The van der Waals surface area contributed by atoms with Crippen LogP contribution in [0.3, 0.4) is 0 Å². The van der Waals surface area contributed by atoms with Gasteiger partial charge in [-0.2, -0.15) is 0 Å². The number of anilines is 2. The Bertz CT molecular complexity index is 610. The number of imide groups is 1. The van der Waals surface area contributed by atoms with Crippen molar-refractivity contribution >= 4 is 23.3 Å². The van der Waals surface area contributed by atoms with E-state index in [1.807, 2.05) is 18.2 Å². The summed E-state index contributed by atoms with van der Waals surface area (Å²) in [6, 6.07) is 7.24. The van der Waals surface area contributed by atoms with Crippen LogP contribution in [0.4, 0.5) is 16.2 Å². The zero-order chi connectivity index (χ0) is 15.3. The summed E-state index contributed by atoms with van der Waals surface area (Å²) in [5, 5.41) is 0. The molecule has 0 atom stereocenters. The van der Waals surface area contributed by atoms with E-state index in [0.29, 0.717) is 30.1 Å². The highest BCUT2D eigenvalue weighted by molar-refractivity contribution is 6.19. The molecule has 1 heterocycles. The van der Waals surface area contributed by atoms with Gasteiger partial charge in [-0.1, -0.05) is 12.1 Å². The quantitative estimate of drug-likeness (QED) is 0.930. The number of nitrogens with two attached hydrogens (primary N) is 1. The third-order valence-electron chi connectivity index (χ3n) is 4.83. The van der Waals surface area contributed by atoms with Crippen molar-refractivity contribution in [3.05, 3.63) is 30.7 Å².